The van der Waals surface area contributed by atoms with Gasteiger partial charge in [0.2, 0.25) is 5.91 Å². The van der Waals surface area contributed by atoms with E-state index in [0.717, 1.165) is 57.4 Å². The van der Waals surface area contributed by atoms with Gasteiger partial charge in [-0.15, -0.1) is 0 Å². The standard InChI is InChI=1S/C28H37FN2O5/c1-33-22-18-26(34-2)23(27(19-22)35-3)8-9-28(32)31-14-10-20(11-15-31)30-16-12-21(13-17-30)36-25-7-5-4-6-24(25)29/h4-7,18-21H,8-17H2,1-3H3. The van der Waals surface area contributed by atoms with E-state index >= 15 is 0 Å². The highest BCUT2D eigenvalue weighted by molar-refractivity contribution is 5.77. The molecule has 0 spiro atoms. The molecule has 36 heavy (non-hydrogen) atoms. The molecule has 2 aliphatic heterocycles. The molecule has 2 saturated heterocycles. The third-order valence-electron chi connectivity index (χ3n) is 7.35. The Kier molecular flexibility index (Phi) is 8.91. The topological polar surface area (TPSA) is 60.5 Å². The predicted octanol–water partition coefficient (Wildman–Crippen LogP) is 4.32. The molecular weight excluding hydrogens is 463 g/mol. The lowest BCUT2D eigenvalue weighted by Gasteiger charge is -2.41. The Morgan fingerprint density at radius 3 is 2.11 bits per heavy atom. The summed E-state index contributed by atoms with van der Waals surface area (Å²) in [6.45, 7) is 3.42. The van der Waals surface area contributed by atoms with Crippen molar-refractivity contribution in [1.82, 2.24) is 9.80 Å². The van der Waals surface area contributed by atoms with Gasteiger partial charge in [-0.25, -0.2) is 4.39 Å². The second-order valence-electron chi connectivity index (χ2n) is 9.41. The van der Waals surface area contributed by atoms with Crippen LogP contribution in [0, 0.1) is 5.82 Å². The number of para-hydroxylation sites is 1. The first kappa shape index (κ1) is 26.1. The number of hydrogen-bond donors (Lipinski definition) is 0. The number of carbonyl (C=O) groups is 1. The molecule has 4 rings (SSSR count). The maximum atomic E-state index is 13.9. The van der Waals surface area contributed by atoms with Crippen molar-refractivity contribution in [2.45, 2.75) is 50.7 Å². The number of nitrogens with zero attached hydrogens (tertiary/aromatic N) is 2. The number of ether oxygens (including phenoxy) is 4. The lowest BCUT2D eigenvalue weighted by atomic mass is 9.98. The minimum atomic E-state index is -0.305. The summed E-state index contributed by atoms with van der Waals surface area (Å²) in [4.78, 5) is 17.5. The van der Waals surface area contributed by atoms with Crippen LogP contribution in [0.5, 0.6) is 23.0 Å². The van der Waals surface area contributed by atoms with E-state index in [0.29, 0.717) is 41.9 Å². The van der Waals surface area contributed by atoms with E-state index in [4.69, 9.17) is 18.9 Å². The molecule has 0 saturated carbocycles. The number of rotatable bonds is 9. The van der Waals surface area contributed by atoms with Crippen molar-refractivity contribution in [2.75, 3.05) is 47.5 Å². The molecule has 2 fully saturated rings. The van der Waals surface area contributed by atoms with Crippen molar-refractivity contribution in [2.24, 2.45) is 0 Å². The molecule has 0 radical (unpaired) electrons. The van der Waals surface area contributed by atoms with Gasteiger partial charge in [-0.2, -0.15) is 0 Å². The second kappa shape index (κ2) is 12.3. The fraction of sp³-hybridized carbons (Fsp3) is 0.536. The van der Waals surface area contributed by atoms with E-state index in [1.807, 2.05) is 17.0 Å². The number of halogens is 1. The average Bonchev–Trinajstić information content (AvgIpc) is 2.93. The van der Waals surface area contributed by atoms with E-state index < -0.39 is 0 Å². The Hall–Kier alpha value is -3.00. The molecule has 7 nitrogen and oxygen atoms in total. The van der Waals surface area contributed by atoms with Crippen LogP contribution in [0.3, 0.4) is 0 Å². The molecule has 0 bridgehead atoms. The summed E-state index contributed by atoms with van der Waals surface area (Å²) in [5.74, 6) is 2.18. The van der Waals surface area contributed by atoms with Crippen molar-refractivity contribution in [3.63, 3.8) is 0 Å². The van der Waals surface area contributed by atoms with Crippen LogP contribution >= 0.6 is 0 Å². The Labute approximate surface area is 213 Å². The van der Waals surface area contributed by atoms with E-state index in [9.17, 15) is 9.18 Å². The van der Waals surface area contributed by atoms with Gasteiger partial charge in [-0.1, -0.05) is 12.1 Å². The Morgan fingerprint density at radius 2 is 1.53 bits per heavy atom. The van der Waals surface area contributed by atoms with Crippen molar-refractivity contribution < 1.29 is 28.1 Å². The molecule has 1 amide bonds. The zero-order chi connectivity index (χ0) is 25.5. The van der Waals surface area contributed by atoms with E-state index in [2.05, 4.69) is 4.90 Å². The first-order valence-electron chi connectivity index (χ1n) is 12.7. The molecule has 0 atom stereocenters. The van der Waals surface area contributed by atoms with Crippen molar-refractivity contribution >= 4 is 5.91 Å². The van der Waals surface area contributed by atoms with Gasteiger partial charge in [0.25, 0.3) is 0 Å². The fourth-order valence-electron chi connectivity index (χ4n) is 5.27. The number of benzene rings is 2. The third-order valence-corrected chi connectivity index (χ3v) is 7.35. The lowest BCUT2D eigenvalue weighted by Crippen LogP contribution is -2.50. The minimum absolute atomic E-state index is 0.0479. The summed E-state index contributed by atoms with van der Waals surface area (Å²) in [6.07, 6.45) is 4.72. The van der Waals surface area contributed by atoms with Crippen LogP contribution in [-0.2, 0) is 11.2 Å². The number of likely N-dealkylation sites (tertiary alicyclic amines) is 2. The highest BCUT2D eigenvalue weighted by Crippen LogP contribution is 2.35. The molecule has 0 unspecified atom stereocenters. The van der Waals surface area contributed by atoms with Gasteiger partial charge in [-0.05, 0) is 44.2 Å². The lowest BCUT2D eigenvalue weighted by molar-refractivity contribution is -0.132. The molecule has 196 valence electrons. The van der Waals surface area contributed by atoms with E-state index in [-0.39, 0.29) is 17.8 Å². The third kappa shape index (κ3) is 6.22. The van der Waals surface area contributed by atoms with Crippen molar-refractivity contribution in [3.8, 4) is 23.0 Å². The van der Waals surface area contributed by atoms with Crippen molar-refractivity contribution in [1.29, 1.82) is 0 Å². The molecule has 2 heterocycles. The van der Waals surface area contributed by atoms with Crippen LogP contribution < -0.4 is 18.9 Å². The SMILES string of the molecule is COc1cc(OC)c(CCC(=O)N2CCC(N3CCC(Oc4ccccc4F)CC3)CC2)c(OC)c1. The zero-order valence-electron chi connectivity index (χ0n) is 21.5. The van der Waals surface area contributed by atoms with Gasteiger partial charge in [0, 0.05) is 56.3 Å². The monoisotopic (exact) mass is 500 g/mol. The summed E-state index contributed by atoms with van der Waals surface area (Å²) in [7, 11) is 4.82. The Bertz CT molecular complexity index is 992. The molecule has 0 aromatic heterocycles. The Morgan fingerprint density at radius 1 is 0.889 bits per heavy atom. The van der Waals surface area contributed by atoms with Gasteiger partial charge >= 0.3 is 0 Å². The maximum absolute atomic E-state index is 13.9. The molecule has 0 N–H and O–H groups in total. The molecule has 8 heteroatoms. The summed E-state index contributed by atoms with van der Waals surface area (Å²) >= 11 is 0. The van der Waals surface area contributed by atoms with Gasteiger partial charge in [0.1, 0.15) is 23.4 Å². The normalized spacial score (nSPS) is 17.6. The van der Waals surface area contributed by atoms with Crippen LogP contribution in [0.25, 0.3) is 0 Å². The zero-order valence-corrected chi connectivity index (χ0v) is 21.5. The van der Waals surface area contributed by atoms with Crippen LogP contribution in [0.4, 0.5) is 4.39 Å². The van der Waals surface area contributed by atoms with Crippen LogP contribution in [-0.4, -0.2) is 75.4 Å². The molecule has 2 aromatic carbocycles. The first-order chi connectivity index (χ1) is 17.5. The average molecular weight is 501 g/mol. The molecular formula is C28H37FN2O5. The van der Waals surface area contributed by atoms with Crippen LogP contribution in [0.2, 0.25) is 0 Å². The van der Waals surface area contributed by atoms with E-state index in [1.165, 1.54) is 6.07 Å². The van der Waals surface area contributed by atoms with Crippen LogP contribution in [0.15, 0.2) is 36.4 Å². The number of piperidine rings is 2. The molecule has 2 aromatic rings. The van der Waals surface area contributed by atoms with Crippen LogP contribution in [0.1, 0.15) is 37.7 Å². The van der Waals surface area contributed by atoms with Gasteiger partial charge in [0.15, 0.2) is 11.6 Å². The Balaban J connectivity index is 1.23. The molecule has 2 aliphatic rings. The minimum Gasteiger partial charge on any atom is -0.496 e. The smallest absolute Gasteiger partial charge is 0.222 e. The number of hydrogen-bond acceptors (Lipinski definition) is 6. The summed E-state index contributed by atoms with van der Waals surface area (Å²) in [6, 6.07) is 10.7. The number of amides is 1. The molecule has 0 aliphatic carbocycles. The highest BCUT2D eigenvalue weighted by Gasteiger charge is 2.30. The quantitative estimate of drug-likeness (QED) is 0.511. The van der Waals surface area contributed by atoms with E-state index in [1.54, 1.807) is 39.5 Å². The second-order valence-corrected chi connectivity index (χ2v) is 9.41. The van der Waals surface area contributed by atoms with Gasteiger partial charge in [0.05, 0.1) is 21.3 Å². The largest absolute Gasteiger partial charge is 0.496 e. The summed E-state index contributed by atoms with van der Waals surface area (Å²) in [5, 5.41) is 0. The maximum Gasteiger partial charge on any atom is 0.222 e. The van der Waals surface area contributed by atoms with Crippen molar-refractivity contribution in [3.05, 3.63) is 47.8 Å². The first-order valence-corrected chi connectivity index (χ1v) is 12.7. The fourth-order valence-corrected chi connectivity index (χ4v) is 5.27. The van der Waals surface area contributed by atoms with Gasteiger partial charge in [-0.3, -0.25) is 9.69 Å². The summed E-state index contributed by atoms with van der Waals surface area (Å²) in [5.41, 5.74) is 0.879. The highest BCUT2D eigenvalue weighted by atomic mass is 19.1. The number of methoxy groups -OCH3 is 3. The summed E-state index contributed by atoms with van der Waals surface area (Å²) < 4.78 is 36.1. The number of carbonyl (C=O) groups excluding carboxylic acids is 1. The predicted molar refractivity (Wildman–Crippen MR) is 136 cm³/mol. The van der Waals surface area contributed by atoms with Gasteiger partial charge < -0.3 is 23.8 Å².